The number of ether oxygens (including phenoxy) is 1. The van der Waals surface area contributed by atoms with Crippen molar-refractivity contribution in [1.82, 2.24) is 15.2 Å². The average Bonchev–Trinajstić information content (AvgIpc) is 2.81. The maximum atomic E-state index is 13.5. The van der Waals surface area contributed by atoms with Crippen LogP contribution in [0, 0.1) is 17.2 Å². The second-order valence-electron chi connectivity index (χ2n) is 9.52. The highest BCUT2D eigenvalue weighted by Crippen LogP contribution is 2.30. The van der Waals surface area contributed by atoms with Crippen LogP contribution in [0.2, 0.25) is 0 Å². The summed E-state index contributed by atoms with van der Waals surface area (Å²) in [4.78, 5) is 20.3. The molecule has 3 heterocycles. The molecule has 1 aromatic heterocycles. The van der Waals surface area contributed by atoms with Crippen LogP contribution in [0.1, 0.15) is 62.5 Å². The monoisotopic (exact) mass is 425 g/mol. The molecule has 1 aliphatic carbocycles. The molecule has 7 heteroatoms. The second kappa shape index (κ2) is 9.97. The third-order valence-corrected chi connectivity index (χ3v) is 7.25. The molecular formula is C24H35N5O2. The summed E-state index contributed by atoms with van der Waals surface area (Å²) in [5, 5.41) is 16.5. The molecule has 1 aromatic rings. The molecule has 168 valence electrons. The number of aromatic nitrogens is 1. The van der Waals surface area contributed by atoms with Gasteiger partial charge in [-0.25, -0.2) is 4.98 Å². The average molecular weight is 426 g/mol. The number of carbonyl (C=O) groups excluding carboxylic acids is 1. The molecule has 1 saturated carbocycles. The Labute approximate surface area is 185 Å². The first-order valence-electron chi connectivity index (χ1n) is 11.8. The first kappa shape index (κ1) is 22.0. The maximum absolute atomic E-state index is 13.5. The quantitative estimate of drug-likeness (QED) is 0.728. The molecule has 0 spiro atoms. The Morgan fingerprint density at radius 3 is 2.87 bits per heavy atom. The van der Waals surface area contributed by atoms with Crippen LogP contribution in [0.5, 0.6) is 0 Å². The third-order valence-electron chi connectivity index (χ3n) is 7.25. The van der Waals surface area contributed by atoms with Crippen molar-refractivity contribution in [2.45, 2.75) is 76.0 Å². The van der Waals surface area contributed by atoms with E-state index in [4.69, 9.17) is 4.74 Å². The minimum Gasteiger partial charge on any atom is -0.376 e. The number of amides is 1. The lowest BCUT2D eigenvalue weighted by Crippen LogP contribution is -2.57. The van der Waals surface area contributed by atoms with Gasteiger partial charge in [0.1, 0.15) is 17.4 Å². The van der Waals surface area contributed by atoms with Crippen LogP contribution >= 0.6 is 0 Å². The summed E-state index contributed by atoms with van der Waals surface area (Å²) >= 11 is 0. The van der Waals surface area contributed by atoms with Gasteiger partial charge in [-0.1, -0.05) is 32.1 Å². The minimum atomic E-state index is -0.770. The minimum absolute atomic E-state index is 0.0665. The summed E-state index contributed by atoms with van der Waals surface area (Å²) in [5.74, 6) is 1.27. The van der Waals surface area contributed by atoms with Crippen LogP contribution in [0.25, 0.3) is 0 Å². The standard InChI is InChI=1S/C24H35N5O2/c1-29-12-9-24(17-25,10-13-29)28-23(30)21(15-18-5-3-2-4-6-18)27-22-20-8-14-31-16-19(20)7-11-26-22/h7,11,18,21H,2-6,8-10,12-16H2,1H3,(H,26,27)(H,28,30). The molecular weight excluding hydrogens is 390 g/mol. The maximum Gasteiger partial charge on any atom is 0.243 e. The summed E-state index contributed by atoms with van der Waals surface area (Å²) in [5.41, 5.74) is 1.53. The predicted molar refractivity (Wildman–Crippen MR) is 119 cm³/mol. The Bertz CT molecular complexity index is 807. The molecule has 1 unspecified atom stereocenters. The first-order valence-corrected chi connectivity index (χ1v) is 11.8. The van der Waals surface area contributed by atoms with Gasteiger partial charge in [0.05, 0.1) is 19.3 Å². The van der Waals surface area contributed by atoms with Gasteiger partial charge in [0, 0.05) is 24.8 Å². The van der Waals surface area contributed by atoms with E-state index in [1.54, 1.807) is 6.20 Å². The van der Waals surface area contributed by atoms with E-state index in [-0.39, 0.29) is 11.9 Å². The van der Waals surface area contributed by atoms with E-state index in [2.05, 4.69) is 33.6 Å². The fraction of sp³-hybridized carbons (Fsp3) is 0.708. The smallest absolute Gasteiger partial charge is 0.243 e. The fourth-order valence-corrected chi connectivity index (χ4v) is 5.17. The van der Waals surface area contributed by atoms with E-state index in [1.165, 1.54) is 32.1 Å². The normalized spacial score (nSPS) is 22.7. The van der Waals surface area contributed by atoms with Crippen molar-refractivity contribution in [1.29, 1.82) is 5.26 Å². The highest BCUT2D eigenvalue weighted by atomic mass is 16.5. The van der Waals surface area contributed by atoms with Crippen LogP contribution in [-0.2, 0) is 22.6 Å². The number of rotatable bonds is 6. The first-order chi connectivity index (χ1) is 15.1. The molecule has 0 bridgehead atoms. The zero-order valence-electron chi connectivity index (χ0n) is 18.7. The number of piperidine rings is 1. The van der Waals surface area contributed by atoms with Crippen molar-refractivity contribution < 1.29 is 9.53 Å². The van der Waals surface area contributed by atoms with E-state index in [0.29, 0.717) is 32.0 Å². The van der Waals surface area contributed by atoms with Crippen molar-refractivity contribution in [2.75, 3.05) is 32.1 Å². The summed E-state index contributed by atoms with van der Waals surface area (Å²) in [6.07, 6.45) is 10.8. The van der Waals surface area contributed by atoms with Gasteiger partial charge in [-0.2, -0.15) is 5.26 Å². The van der Waals surface area contributed by atoms with Crippen LogP contribution in [0.4, 0.5) is 5.82 Å². The highest BCUT2D eigenvalue weighted by molar-refractivity contribution is 5.85. The number of hydrogen-bond donors (Lipinski definition) is 2. The Morgan fingerprint density at radius 2 is 2.13 bits per heavy atom. The summed E-state index contributed by atoms with van der Waals surface area (Å²) in [6.45, 7) is 2.92. The van der Waals surface area contributed by atoms with E-state index >= 15 is 0 Å². The molecule has 2 aliphatic heterocycles. The topological polar surface area (TPSA) is 90.3 Å². The number of anilines is 1. The van der Waals surface area contributed by atoms with Gasteiger partial charge in [0.25, 0.3) is 0 Å². The van der Waals surface area contributed by atoms with Crippen LogP contribution in [0.3, 0.4) is 0 Å². The number of fused-ring (bicyclic) bond motifs is 1. The summed E-state index contributed by atoms with van der Waals surface area (Å²) in [7, 11) is 2.06. The summed E-state index contributed by atoms with van der Waals surface area (Å²) in [6, 6.07) is 4.04. The van der Waals surface area contributed by atoms with Gasteiger partial charge in [-0.3, -0.25) is 4.79 Å². The van der Waals surface area contributed by atoms with Crippen LogP contribution in [-0.4, -0.2) is 54.1 Å². The molecule has 1 saturated heterocycles. The lowest BCUT2D eigenvalue weighted by Gasteiger charge is -2.37. The number of hydrogen-bond acceptors (Lipinski definition) is 6. The Kier molecular flexibility index (Phi) is 7.09. The van der Waals surface area contributed by atoms with Gasteiger partial charge in [-0.05, 0) is 50.3 Å². The Morgan fingerprint density at radius 1 is 1.35 bits per heavy atom. The molecule has 2 N–H and O–H groups in total. The molecule has 4 rings (SSSR count). The zero-order valence-corrected chi connectivity index (χ0v) is 18.7. The van der Waals surface area contributed by atoms with Crippen LogP contribution < -0.4 is 10.6 Å². The van der Waals surface area contributed by atoms with Crippen molar-refractivity contribution in [3.05, 3.63) is 23.4 Å². The summed E-state index contributed by atoms with van der Waals surface area (Å²) < 4.78 is 5.59. The molecule has 0 radical (unpaired) electrons. The number of nitrogens with one attached hydrogen (secondary N) is 2. The molecule has 3 aliphatic rings. The zero-order chi connectivity index (χ0) is 21.7. The Balaban J connectivity index is 1.52. The Hall–Kier alpha value is -2.17. The SMILES string of the molecule is CN1CCC(C#N)(NC(=O)C(CC2CCCCC2)Nc2nccc3c2CCOC3)CC1. The van der Waals surface area contributed by atoms with Gasteiger partial charge in [0.15, 0.2) is 0 Å². The lowest BCUT2D eigenvalue weighted by molar-refractivity contribution is -0.124. The van der Waals surface area contributed by atoms with Crippen molar-refractivity contribution in [3.8, 4) is 6.07 Å². The predicted octanol–water partition coefficient (Wildman–Crippen LogP) is 3.01. The van der Waals surface area contributed by atoms with Crippen molar-refractivity contribution in [2.24, 2.45) is 5.92 Å². The largest absolute Gasteiger partial charge is 0.376 e. The molecule has 1 atom stereocenters. The molecule has 7 nitrogen and oxygen atoms in total. The van der Waals surface area contributed by atoms with E-state index in [0.717, 1.165) is 42.9 Å². The van der Waals surface area contributed by atoms with Gasteiger partial charge >= 0.3 is 0 Å². The van der Waals surface area contributed by atoms with E-state index in [9.17, 15) is 10.1 Å². The number of likely N-dealkylation sites (tertiary alicyclic amines) is 1. The lowest BCUT2D eigenvalue weighted by atomic mass is 9.84. The molecule has 2 fully saturated rings. The highest BCUT2D eigenvalue weighted by Gasteiger charge is 2.37. The molecule has 31 heavy (non-hydrogen) atoms. The van der Waals surface area contributed by atoms with Crippen molar-refractivity contribution in [3.63, 3.8) is 0 Å². The molecule has 0 aromatic carbocycles. The number of nitriles is 1. The number of pyridine rings is 1. The van der Waals surface area contributed by atoms with Crippen LogP contribution in [0.15, 0.2) is 12.3 Å². The molecule has 1 amide bonds. The van der Waals surface area contributed by atoms with Crippen molar-refractivity contribution >= 4 is 11.7 Å². The number of nitrogens with zero attached hydrogens (tertiary/aromatic N) is 3. The van der Waals surface area contributed by atoms with E-state index in [1.807, 2.05) is 6.07 Å². The van der Waals surface area contributed by atoms with Gasteiger partial charge < -0.3 is 20.3 Å². The van der Waals surface area contributed by atoms with Gasteiger partial charge in [0.2, 0.25) is 5.91 Å². The third kappa shape index (κ3) is 5.36. The number of carbonyl (C=O) groups is 1. The fourth-order valence-electron chi connectivity index (χ4n) is 5.17. The van der Waals surface area contributed by atoms with E-state index < -0.39 is 5.54 Å². The van der Waals surface area contributed by atoms with Gasteiger partial charge in [-0.15, -0.1) is 0 Å². The second-order valence-corrected chi connectivity index (χ2v) is 9.52.